The number of nitrogens with zero attached hydrogens (tertiary/aromatic N) is 1. The maximum atomic E-state index is 12.1. The Hall–Kier alpha value is -3.15. The molecule has 3 rings (SSSR count). The number of hydrogen-bond donors (Lipinski definition) is 2. The molecular weight excluding hydrogens is 320 g/mol. The molecular formula is C19H18N2O4. The number of carbonyl (C=O) groups excluding carboxylic acids is 1. The largest absolute Gasteiger partial charge is 0.481 e. The fourth-order valence-corrected chi connectivity index (χ4v) is 2.66. The van der Waals surface area contributed by atoms with Crippen molar-refractivity contribution >= 4 is 22.8 Å². The van der Waals surface area contributed by atoms with Crippen molar-refractivity contribution in [2.75, 3.05) is 6.54 Å². The first-order chi connectivity index (χ1) is 12.1. The fraction of sp³-hybridized carbons (Fsp3) is 0.211. The maximum absolute atomic E-state index is 12.1. The number of aliphatic carboxylic acids is 1. The summed E-state index contributed by atoms with van der Waals surface area (Å²) in [5.41, 5.74) is 2.09. The molecule has 0 unspecified atom stereocenters. The number of hydrogen-bond acceptors (Lipinski definition) is 4. The smallest absolute Gasteiger partial charge is 0.308 e. The van der Waals surface area contributed by atoms with E-state index in [1.807, 2.05) is 48.5 Å². The molecule has 0 saturated heterocycles. The molecule has 6 heteroatoms. The number of nitrogens with one attached hydrogen (secondary N) is 1. The lowest BCUT2D eigenvalue weighted by atomic mass is 9.99. The first-order valence-corrected chi connectivity index (χ1v) is 8.00. The number of fused-ring (bicyclic) bond motifs is 1. The van der Waals surface area contributed by atoms with Crippen LogP contribution in [-0.2, 0) is 22.4 Å². The first kappa shape index (κ1) is 16.7. The molecule has 1 atom stereocenters. The summed E-state index contributed by atoms with van der Waals surface area (Å²) in [6, 6.07) is 16.7. The van der Waals surface area contributed by atoms with E-state index >= 15 is 0 Å². The van der Waals surface area contributed by atoms with Crippen LogP contribution in [0.3, 0.4) is 0 Å². The van der Waals surface area contributed by atoms with Crippen molar-refractivity contribution < 1.29 is 19.2 Å². The van der Waals surface area contributed by atoms with Crippen LogP contribution in [0.2, 0.25) is 0 Å². The van der Waals surface area contributed by atoms with E-state index in [0.29, 0.717) is 17.7 Å². The van der Waals surface area contributed by atoms with E-state index in [1.54, 1.807) is 6.07 Å². The minimum atomic E-state index is -0.934. The molecule has 0 aliphatic carbocycles. The molecule has 0 fully saturated rings. The highest BCUT2D eigenvalue weighted by Gasteiger charge is 2.20. The average Bonchev–Trinajstić information content (AvgIpc) is 3.02. The van der Waals surface area contributed by atoms with Gasteiger partial charge in [-0.2, -0.15) is 0 Å². The molecule has 6 nitrogen and oxygen atoms in total. The summed E-state index contributed by atoms with van der Waals surface area (Å²) in [5.74, 6) is -1.89. The quantitative estimate of drug-likeness (QED) is 0.690. The van der Waals surface area contributed by atoms with E-state index in [0.717, 1.165) is 10.9 Å². The Kier molecular flexibility index (Phi) is 5.09. The summed E-state index contributed by atoms with van der Waals surface area (Å²) in [7, 11) is 0. The summed E-state index contributed by atoms with van der Waals surface area (Å²) in [6.45, 7) is 0.0683. The Balaban J connectivity index is 1.59. The molecule has 0 aliphatic heterocycles. The van der Waals surface area contributed by atoms with Crippen LogP contribution < -0.4 is 5.32 Å². The Morgan fingerprint density at radius 2 is 1.80 bits per heavy atom. The highest BCUT2D eigenvalue weighted by molar-refractivity contribution is 5.86. The van der Waals surface area contributed by atoms with Crippen LogP contribution in [0.25, 0.3) is 11.0 Å². The van der Waals surface area contributed by atoms with Crippen LogP contribution in [0.4, 0.5) is 0 Å². The van der Waals surface area contributed by atoms with Gasteiger partial charge in [-0.1, -0.05) is 47.6 Å². The van der Waals surface area contributed by atoms with Gasteiger partial charge in [0.15, 0.2) is 5.58 Å². The van der Waals surface area contributed by atoms with Crippen molar-refractivity contribution in [3.63, 3.8) is 0 Å². The molecule has 0 radical (unpaired) electrons. The second-order valence-corrected chi connectivity index (χ2v) is 5.83. The summed E-state index contributed by atoms with van der Waals surface area (Å²) in [6.07, 6.45) is 0.415. The number of benzene rings is 2. The standard InChI is InChI=1S/C19H18N2O4/c22-18(11-16-15-8-4-5-9-17(15)25-21-16)20-12-14(19(23)24)10-13-6-2-1-3-7-13/h1-9,14H,10-12H2,(H,20,22)(H,23,24)/t14-/m0/s1. The molecule has 2 aromatic carbocycles. The molecule has 2 N–H and O–H groups in total. The van der Waals surface area contributed by atoms with Gasteiger partial charge in [-0.15, -0.1) is 0 Å². The van der Waals surface area contributed by atoms with Gasteiger partial charge in [0.1, 0.15) is 5.69 Å². The van der Waals surface area contributed by atoms with Crippen molar-refractivity contribution in [3.05, 3.63) is 65.9 Å². The van der Waals surface area contributed by atoms with Crippen LogP contribution in [0.15, 0.2) is 59.1 Å². The van der Waals surface area contributed by atoms with Crippen LogP contribution >= 0.6 is 0 Å². The van der Waals surface area contributed by atoms with Gasteiger partial charge in [0.05, 0.1) is 12.3 Å². The second-order valence-electron chi connectivity index (χ2n) is 5.83. The number of carbonyl (C=O) groups is 2. The van der Waals surface area contributed by atoms with Gasteiger partial charge in [-0.25, -0.2) is 0 Å². The number of para-hydroxylation sites is 1. The van der Waals surface area contributed by atoms with Gasteiger partial charge >= 0.3 is 5.97 Å². The lowest BCUT2D eigenvalue weighted by Gasteiger charge is -2.13. The van der Waals surface area contributed by atoms with Gasteiger partial charge in [0.25, 0.3) is 0 Å². The number of amides is 1. The lowest BCUT2D eigenvalue weighted by Crippen LogP contribution is -2.35. The summed E-state index contributed by atoms with van der Waals surface area (Å²) >= 11 is 0. The van der Waals surface area contributed by atoms with Gasteiger partial charge in [0.2, 0.25) is 5.91 Å². The lowest BCUT2D eigenvalue weighted by molar-refractivity contribution is -0.141. The van der Waals surface area contributed by atoms with Crippen LogP contribution in [0.1, 0.15) is 11.3 Å². The SMILES string of the molecule is O=C(Cc1noc2ccccc12)NC[C@H](Cc1ccccc1)C(=O)O. The van der Waals surface area contributed by atoms with E-state index in [1.165, 1.54) is 0 Å². The summed E-state index contributed by atoms with van der Waals surface area (Å²) < 4.78 is 5.17. The normalized spacial score (nSPS) is 12.0. The van der Waals surface area contributed by atoms with Crippen molar-refractivity contribution in [2.24, 2.45) is 5.92 Å². The number of carboxylic acid groups (broad SMARTS) is 1. The minimum absolute atomic E-state index is 0.0503. The molecule has 0 spiro atoms. The van der Waals surface area contributed by atoms with Crippen LogP contribution in [0.5, 0.6) is 0 Å². The molecule has 0 aliphatic rings. The van der Waals surface area contributed by atoms with E-state index in [9.17, 15) is 14.7 Å². The van der Waals surface area contributed by atoms with Crippen molar-refractivity contribution in [1.29, 1.82) is 0 Å². The molecule has 1 amide bonds. The molecule has 1 aromatic heterocycles. The minimum Gasteiger partial charge on any atom is -0.481 e. The number of rotatable bonds is 7. The second kappa shape index (κ2) is 7.61. The maximum Gasteiger partial charge on any atom is 0.308 e. The third-order valence-corrected chi connectivity index (χ3v) is 4.00. The van der Waals surface area contributed by atoms with Crippen molar-refractivity contribution in [3.8, 4) is 0 Å². The van der Waals surface area contributed by atoms with Crippen molar-refractivity contribution in [1.82, 2.24) is 10.5 Å². The summed E-state index contributed by atoms with van der Waals surface area (Å²) in [5, 5.41) is 16.8. The zero-order valence-corrected chi connectivity index (χ0v) is 13.5. The fourth-order valence-electron chi connectivity index (χ4n) is 2.66. The van der Waals surface area contributed by atoms with Crippen molar-refractivity contribution in [2.45, 2.75) is 12.8 Å². The van der Waals surface area contributed by atoms with Gasteiger partial charge in [-0.3, -0.25) is 9.59 Å². The molecule has 3 aromatic rings. The Morgan fingerprint density at radius 3 is 2.56 bits per heavy atom. The third-order valence-electron chi connectivity index (χ3n) is 4.00. The van der Waals surface area contributed by atoms with E-state index in [2.05, 4.69) is 10.5 Å². The third kappa shape index (κ3) is 4.23. The first-order valence-electron chi connectivity index (χ1n) is 8.00. The average molecular weight is 338 g/mol. The highest BCUT2D eigenvalue weighted by atomic mass is 16.5. The highest BCUT2D eigenvalue weighted by Crippen LogP contribution is 2.18. The molecule has 0 saturated carbocycles. The molecule has 128 valence electrons. The zero-order chi connectivity index (χ0) is 17.6. The number of carboxylic acids is 1. The van der Waals surface area contributed by atoms with Gasteiger partial charge < -0.3 is 14.9 Å². The van der Waals surface area contributed by atoms with Crippen LogP contribution in [0, 0.1) is 5.92 Å². The Bertz CT molecular complexity index is 873. The molecule has 0 bridgehead atoms. The summed E-state index contributed by atoms with van der Waals surface area (Å²) in [4.78, 5) is 23.6. The topological polar surface area (TPSA) is 92.4 Å². The van der Waals surface area contributed by atoms with E-state index < -0.39 is 11.9 Å². The van der Waals surface area contributed by atoms with E-state index in [-0.39, 0.29) is 18.9 Å². The van der Waals surface area contributed by atoms with E-state index in [4.69, 9.17) is 4.52 Å². The Morgan fingerprint density at radius 1 is 1.08 bits per heavy atom. The Labute approximate surface area is 144 Å². The van der Waals surface area contributed by atoms with Crippen LogP contribution in [-0.4, -0.2) is 28.7 Å². The molecule has 1 heterocycles. The van der Waals surface area contributed by atoms with Gasteiger partial charge in [0, 0.05) is 11.9 Å². The number of aromatic nitrogens is 1. The monoisotopic (exact) mass is 338 g/mol. The predicted molar refractivity (Wildman–Crippen MR) is 92.0 cm³/mol. The predicted octanol–water partition coefficient (Wildman–Crippen LogP) is 2.43. The molecule has 25 heavy (non-hydrogen) atoms. The zero-order valence-electron chi connectivity index (χ0n) is 13.5. The van der Waals surface area contributed by atoms with Gasteiger partial charge in [-0.05, 0) is 24.1 Å².